The largest absolute Gasteiger partial charge is 0.308 e. The first kappa shape index (κ1) is 15.4. The van der Waals surface area contributed by atoms with Crippen LogP contribution in [0.4, 0.5) is 0 Å². The Bertz CT molecular complexity index is 610. The smallest absolute Gasteiger partial charge is 0.0724 e. The summed E-state index contributed by atoms with van der Waals surface area (Å²) in [6.45, 7) is 9.36. The second kappa shape index (κ2) is 6.64. The van der Waals surface area contributed by atoms with Crippen LogP contribution in [0.25, 0.3) is 16.8 Å². The van der Waals surface area contributed by atoms with Crippen molar-refractivity contribution in [1.29, 1.82) is 0 Å². The first-order chi connectivity index (χ1) is 9.99. The summed E-state index contributed by atoms with van der Waals surface area (Å²) in [7, 11) is 0. The minimum atomic E-state index is 0.0925. The molecule has 0 aromatic carbocycles. The van der Waals surface area contributed by atoms with Gasteiger partial charge in [0, 0.05) is 30.0 Å². The van der Waals surface area contributed by atoms with E-state index in [0.717, 1.165) is 23.5 Å². The van der Waals surface area contributed by atoms with Crippen molar-refractivity contribution >= 4 is 5.57 Å². The molecule has 0 fully saturated rings. The molecule has 0 atom stereocenters. The summed E-state index contributed by atoms with van der Waals surface area (Å²) >= 11 is 0. The number of aromatic nitrogens is 2. The second-order valence-corrected chi connectivity index (χ2v) is 6.07. The zero-order chi connectivity index (χ0) is 15.3. The van der Waals surface area contributed by atoms with Crippen molar-refractivity contribution in [3.8, 4) is 11.3 Å². The molecule has 0 radical (unpaired) electrons. The zero-order valence-electron chi connectivity index (χ0n) is 13.2. The number of allylic oxidation sites excluding steroid dienone is 1. The Balaban J connectivity index is 2.24. The molecular weight excluding hydrogens is 258 g/mol. The molecule has 0 aliphatic rings. The molecule has 0 saturated carbocycles. The van der Waals surface area contributed by atoms with Crippen LogP contribution in [0.3, 0.4) is 0 Å². The first-order valence-electron chi connectivity index (χ1n) is 7.27. The summed E-state index contributed by atoms with van der Waals surface area (Å²) < 4.78 is 0. The van der Waals surface area contributed by atoms with E-state index in [9.17, 15) is 0 Å². The van der Waals surface area contributed by atoms with Gasteiger partial charge in [0.1, 0.15) is 0 Å². The Morgan fingerprint density at radius 3 is 2.62 bits per heavy atom. The van der Waals surface area contributed by atoms with Crippen molar-refractivity contribution in [2.24, 2.45) is 0 Å². The number of hydrogen-bond donors (Lipinski definition) is 1. The van der Waals surface area contributed by atoms with Crippen LogP contribution >= 0.6 is 0 Å². The Hall–Kier alpha value is -2.00. The molecule has 21 heavy (non-hydrogen) atoms. The van der Waals surface area contributed by atoms with Crippen LogP contribution < -0.4 is 5.32 Å². The molecule has 0 spiro atoms. The van der Waals surface area contributed by atoms with Crippen LogP contribution in [0, 0.1) is 0 Å². The van der Waals surface area contributed by atoms with Crippen LogP contribution in [-0.2, 0) is 0 Å². The normalized spacial score (nSPS) is 12.5. The molecule has 0 saturated heterocycles. The molecule has 0 aliphatic carbocycles. The first-order valence-corrected chi connectivity index (χ1v) is 7.27. The molecule has 110 valence electrons. The quantitative estimate of drug-likeness (QED) is 0.922. The molecule has 3 nitrogen and oxygen atoms in total. The van der Waals surface area contributed by atoms with Crippen LogP contribution in [0.2, 0.25) is 0 Å². The second-order valence-electron chi connectivity index (χ2n) is 6.07. The van der Waals surface area contributed by atoms with Gasteiger partial charge in [-0.05, 0) is 57.5 Å². The maximum atomic E-state index is 4.77. The topological polar surface area (TPSA) is 37.8 Å². The Labute approximate surface area is 127 Å². The monoisotopic (exact) mass is 281 g/mol. The van der Waals surface area contributed by atoms with Gasteiger partial charge in [0.2, 0.25) is 0 Å². The van der Waals surface area contributed by atoms with Crippen LogP contribution in [-0.4, -0.2) is 22.1 Å². The van der Waals surface area contributed by atoms with Gasteiger partial charge in [-0.1, -0.05) is 12.1 Å². The molecule has 0 amide bonds. The Kier molecular flexibility index (Phi) is 4.86. The third-order valence-corrected chi connectivity index (χ3v) is 3.19. The fourth-order valence-electron chi connectivity index (χ4n) is 1.99. The maximum Gasteiger partial charge on any atom is 0.0724 e. The summed E-state index contributed by atoms with van der Waals surface area (Å²) in [5.41, 5.74) is 4.30. The zero-order valence-corrected chi connectivity index (χ0v) is 13.2. The summed E-state index contributed by atoms with van der Waals surface area (Å²) in [5, 5.41) is 3.51. The van der Waals surface area contributed by atoms with Crippen molar-refractivity contribution in [2.75, 3.05) is 6.54 Å². The lowest BCUT2D eigenvalue weighted by Crippen LogP contribution is -2.36. The van der Waals surface area contributed by atoms with Crippen LogP contribution in [0.15, 0.2) is 48.8 Å². The molecule has 2 rings (SSSR count). The fraction of sp³-hybridized carbons (Fsp3) is 0.333. The van der Waals surface area contributed by atoms with Gasteiger partial charge in [0.05, 0.1) is 11.4 Å². The minimum absolute atomic E-state index is 0.0925. The van der Waals surface area contributed by atoms with Gasteiger partial charge >= 0.3 is 0 Å². The predicted molar refractivity (Wildman–Crippen MR) is 88.9 cm³/mol. The third kappa shape index (κ3) is 4.50. The Morgan fingerprint density at radius 2 is 2.00 bits per heavy atom. The number of nitrogens with one attached hydrogen (secondary N) is 1. The lowest BCUT2D eigenvalue weighted by Gasteiger charge is -2.21. The van der Waals surface area contributed by atoms with Crippen molar-refractivity contribution in [1.82, 2.24) is 15.3 Å². The highest BCUT2D eigenvalue weighted by Gasteiger charge is 2.11. The summed E-state index contributed by atoms with van der Waals surface area (Å²) in [4.78, 5) is 8.92. The van der Waals surface area contributed by atoms with E-state index in [1.807, 2.05) is 30.5 Å². The van der Waals surface area contributed by atoms with Crippen molar-refractivity contribution in [3.05, 3.63) is 54.5 Å². The lowest BCUT2D eigenvalue weighted by molar-refractivity contribution is 0.452. The molecule has 2 heterocycles. The van der Waals surface area contributed by atoms with Crippen LogP contribution in [0.1, 0.15) is 33.4 Å². The van der Waals surface area contributed by atoms with E-state index in [-0.39, 0.29) is 5.54 Å². The van der Waals surface area contributed by atoms with E-state index in [0.29, 0.717) is 0 Å². The van der Waals surface area contributed by atoms with Gasteiger partial charge in [0.15, 0.2) is 0 Å². The Morgan fingerprint density at radius 1 is 1.19 bits per heavy atom. The summed E-state index contributed by atoms with van der Waals surface area (Å²) in [5.74, 6) is 0. The van der Waals surface area contributed by atoms with Gasteiger partial charge in [-0.2, -0.15) is 0 Å². The summed E-state index contributed by atoms with van der Waals surface area (Å²) in [6, 6.07) is 10.1. The number of hydrogen-bond acceptors (Lipinski definition) is 3. The SMILES string of the molecule is C/C=C(/CNC(C)(C)C)c1cccc(-c2cccnc2)n1. The van der Waals surface area contributed by atoms with E-state index < -0.39 is 0 Å². The highest BCUT2D eigenvalue weighted by atomic mass is 14.9. The van der Waals surface area contributed by atoms with Gasteiger partial charge in [-0.15, -0.1) is 0 Å². The van der Waals surface area contributed by atoms with Crippen LogP contribution in [0.5, 0.6) is 0 Å². The van der Waals surface area contributed by atoms with Crippen molar-refractivity contribution in [2.45, 2.75) is 33.2 Å². The number of pyridine rings is 2. The lowest BCUT2D eigenvalue weighted by atomic mass is 10.1. The minimum Gasteiger partial charge on any atom is -0.308 e. The molecular formula is C18H23N3. The van der Waals surface area contributed by atoms with Gasteiger partial charge < -0.3 is 5.32 Å². The van der Waals surface area contributed by atoms with E-state index in [2.05, 4.69) is 50.1 Å². The molecule has 0 unspecified atom stereocenters. The van der Waals surface area contributed by atoms with Crippen molar-refractivity contribution < 1.29 is 0 Å². The number of nitrogens with zero attached hydrogens (tertiary/aromatic N) is 2. The van der Waals surface area contributed by atoms with E-state index in [4.69, 9.17) is 4.98 Å². The average Bonchev–Trinajstić information content (AvgIpc) is 2.48. The fourth-order valence-corrected chi connectivity index (χ4v) is 1.99. The molecule has 0 aliphatic heterocycles. The standard InChI is InChI=1S/C18H23N3/c1-5-14(13-20-18(2,3)4)16-9-6-10-17(21-16)15-8-7-11-19-12-15/h5-12,20H,13H2,1-4H3/b14-5-. The van der Waals surface area contributed by atoms with Gasteiger partial charge in [-0.3, -0.25) is 4.98 Å². The van der Waals surface area contributed by atoms with E-state index >= 15 is 0 Å². The van der Waals surface area contributed by atoms with Crippen molar-refractivity contribution in [3.63, 3.8) is 0 Å². The molecule has 2 aromatic rings. The summed E-state index contributed by atoms with van der Waals surface area (Å²) in [6.07, 6.45) is 5.74. The maximum absolute atomic E-state index is 4.77. The van der Waals surface area contributed by atoms with Gasteiger partial charge in [-0.25, -0.2) is 4.98 Å². The average molecular weight is 281 g/mol. The predicted octanol–water partition coefficient (Wildman–Crippen LogP) is 3.94. The highest BCUT2D eigenvalue weighted by Crippen LogP contribution is 2.19. The third-order valence-electron chi connectivity index (χ3n) is 3.19. The number of rotatable bonds is 4. The molecule has 3 heteroatoms. The van der Waals surface area contributed by atoms with E-state index in [1.54, 1.807) is 6.20 Å². The van der Waals surface area contributed by atoms with E-state index in [1.165, 1.54) is 5.57 Å². The highest BCUT2D eigenvalue weighted by molar-refractivity contribution is 5.67. The molecule has 1 N–H and O–H groups in total. The van der Waals surface area contributed by atoms with Gasteiger partial charge in [0.25, 0.3) is 0 Å². The molecule has 0 bridgehead atoms. The molecule has 2 aromatic heterocycles.